The molecule has 2 amide bonds. The molecular weight excluding hydrogens is 440 g/mol. The van der Waals surface area contributed by atoms with Gasteiger partial charge in [-0.2, -0.15) is 0 Å². The molecule has 0 atom stereocenters. The number of sulfonamides is 1. The number of nitrogens with one attached hydrogen (secondary N) is 4. The monoisotopic (exact) mass is 462 g/mol. The second kappa shape index (κ2) is 8.79. The van der Waals surface area contributed by atoms with Crippen LogP contribution in [0, 0.1) is 13.8 Å². The van der Waals surface area contributed by atoms with Crippen LogP contribution in [0.4, 0.5) is 5.69 Å². The van der Waals surface area contributed by atoms with Gasteiger partial charge in [0.2, 0.25) is 0 Å². The smallest absolute Gasteiger partial charge is 0.271 e. The minimum absolute atomic E-state index is 0.0678. The lowest BCUT2D eigenvalue weighted by atomic mass is 10.1. The number of anilines is 1. The number of hydrazine groups is 1. The Hall–Kier alpha value is -4.11. The van der Waals surface area contributed by atoms with E-state index in [0.29, 0.717) is 16.8 Å². The van der Waals surface area contributed by atoms with E-state index in [9.17, 15) is 18.0 Å². The summed E-state index contributed by atoms with van der Waals surface area (Å²) in [5.74, 6) is -1.13. The zero-order valence-corrected chi connectivity index (χ0v) is 18.8. The van der Waals surface area contributed by atoms with Crippen molar-refractivity contribution in [3.8, 4) is 0 Å². The number of aromatic nitrogens is 1. The van der Waals surface area contributed by atoms with E-state index in [0.717, 1.165) is 16.5 Å². The molecule has 0 aliphatic carbocycles. The Labute approximate surface area is 191 Å². The van der Waals surface area contributed by atoms with E-state index in [2.05, 4.69) is 20.6 Å². The number of amides is 2. The molecule has 0 aliphatic heterocycles. The van der Waals surface area contributed by atoms with Crippen LogP contribution in [-0.2, 0) is 10.0 Å². The Kier molecular flexibility index (Phi) is 5.89. The highest BCUT2D eigenvalue weighted by Gasteiger charge is 2.19. The molecule has 8 nitrogen and oxygen atoms in total. The number of hydrogen-bond donors (Lipinski definition) is 4. The number of carbonyl (C=O) groups excluding carboxylic acids is 2. The van der Waals surface area contributed by atoms with Crippen molar-refractivity contribution in [2.24, 2.45) is 0 Å². The average Bonchev–Trinajstić information content (AvgIpc) is 3.23. The summed E-state index contributed by atoms with van der Waals surface area (Å²) in [7, 11) is -3.91. The molecule has 0 bridgehead atoms. The lowest BCUT2D eigenvalue weighted by Gasteiger charge is -2.12. The number of aryl methyl sites for hydroxylation is 2. The maximum Gasteiger partial charge on any atom is 0.271 e. The lowest BCUT2D eigenvalue weighted by Crippen LogP contribution is -2.41. The van der Waals surface area contributed by atoms with Gasteiger partial charge >= 0.3 is 0 Å². The molecule has 0 saturated carbocycles. The molecule has 4 N–H and O–H groups in total. The fourth-order valence-electron chi connectivity index (χ4n) is 3.36. The lowest BCUT2D eigenvalue weighted by molar-refractivity contribution is 0.0847. The summed E-state index contributed by atoms with van der Waals surface area (Å²) in [6.45, 7) is 3.58. The first-order valence-electron chi connectivity index (χ1n) is 10.1. The van der Waals surface area contributed by atoms with Crippen LogP contribution in [0.5, 0.6) is 0 Å². The van der Waals surface area contributed by atoms with Crippen molar-refractivity contribution in [3.05, 3.63) is 95.2 Å². The van der Waals surface area contributed by atoms with E-state index in [1.165, 1.54) is 12.1 Å². The van der Waals surface area contributed by atoms with E-state index in [4.69, 9.17) is 0 Å². The van der Waals surface area contributed by atoms with Crippen molar-refractivity contribution in [1.29, 1.82) is 0 Å². The number of carbonyl (C=O) groups is 2. The number of fused-ring (bicyclic) bond motifs is 1. The van der Waals surface area contributed by atoms with Crippen LogP contribution in [0.1, 0.15) is 31.8 Å². The van der Waals surface area contributed by atoms with Crippen LogP contribution in [0.15, 0.2) is 77.8 Å². The van der Waals surface area contributed by atoms with Crippen LogP contribution in [0.25, 0.3) is 10.9 Å². The summed E-state index contributed by atoms with van der Waals surface area (Å²) >= 11 is 0. The first-order valence-corrected chi connectivity index (χ1v) is 11.6. The van der Waals surface area contributed by atoms with Gasteiger partial charge in [0.25, 0.3) is 21.8 Å². The first-order chi connectivity index (χ1) is 15.7. The van der Waals surface area contributed by atoms with Gasteiger partial charge < -0.3 is 4.98 Å². The Morgan fingerprint density at radius 1 is 0.818 bits per heavy atom. The predicted octanol–water partition coefficient (Wildman–Crippen LogP) is 3.66. The van der Waals surface area contributed by atoms with Crippen LogP contribution in [-0.4, -0.2) is 25.2 Å². The van der Waals surface area contributed by atoms with Gasteiger partial charge in [0.1, 0.15) is 0 Å². The summed E-state index contributed by atoms with van der Waals surface area (Å²) < 4.78 is 28.1. The van der Waals surface area contributed by atoms with E-state index >= 15 is 0 Å². The standard InChI is InChI=1S/C24H22N4O4S/c1-15-7-10-17(11-8-15)28-33(31,32)18-12-9-16(2)20(13-18)23(29)26-27-24(30)21-14-25-22-6-4-3-5-19(21)22/h3-14,25,28H,1-2H3,(H,26,29)(H,27,30). The quantitative estimate of drug-likeness (QED) is 0.338. The van der Waals surface area contributed by atoms with Crippen molar-refractivity contribution in [2.45, 2.75) is 18.7 Å². The fraction of sp³-hybridized carbons (Fsp3) is 0.0833. The van der Waals surface area contributed by atoms with E-state index in [-0.39, 0.29) is 10.5 Å². The van der Waals surface area contributed by atoms with Crippen molar-refractivity contribution < 1.29 is 18.0 Å². The highest BCUT2D eigenvalue weighted by atomic mass is 32.2. The molecule has 3 aromatic carbocycles. The maximum atomic E-state index is 12.8. The van der Waals surface area contributed by atoms with Gasteiger partial charge in [-0.05, 0) is 49.7 Å². The number of benzene rings is 3. The molecule has 9 heteroatoms. The third kappa shape index (κ3) is 4.73. The highest BCUT2D eigenvalue weighted by molar-refractivity contribution is 7.92. The molecule has 1 aromatic heterocycles. The van der Waals surface area contributed by atoms with Gasteiger partial charge in [0.15, 0.2) is 0 Å². The second-order valence-corrected chi connectivity index (χ2v) is 9.29. The number of hydrogen-bond acceptors (Lipinski definition) is 4. The minimum atomic E-state index is -3.91. The van der Waals surface area contributed by atoms with Crippen LogP contribution < -0.4 is 15.6 Å². The summed E-state index contributed by atoms with van der Waals surface area (Å²) in [5.41, 5.74) is 8.01. The van der Waals surface area contributed by atoms with Gasteiger partial charge in [0, 0.05) is 28.4 Å². The maximum absolute atomic E-state index is 12.8. The zero-order valence-electron chi connectivity index (χ0n) is 18.0. The van der Waals surface area contributed by atoms with E-state index in [1.54, 1.807) is 49.5 Å². The number of aromatic amines is 1. The molecule has 33 heavy (non-hydrogen) atoms. The molecule has 0 fully saturated rings. The van der Waals surface area contributed by atoms with Crippen LogP contribution >= 0.6 is 0 Å². The molecule has 0 aliphatic rings. The fourth-order valence-corrected chi connectivity index (χ4v) is 4.44. The molecule has 168 valence electrons. The highest BCUT2D eigenvalue weighted by Crippen LogP contribution is 2.20. The summed E-state index contributed by atoms with van der Waals surface area (Å²) in [6, 6.07) is 18.4. The molecule has 0 radical (unpaired) electrons. The van der Waals surface area contributed by atoms with Crippen molar-refractivity contribution >= 4 is 38.4 Å². The van der Waals surface area contributed by atoms with Crippen LogP contribution in [0.2, 0.25) is 0 Å². The second-order valence-electron chi connectivity index (χ2n) is 7.60. The summed E-state index contributed by atoms with van der Waals surface area (Å²) in [5, 5.41) is 0.718. The average molecular weight is 463 g/mol. The van der Waals surface area contributed by atoms with Gasteiger partial charge in [-0.15, -0.1) is 0 Å². The third-order valence-corrected chi connectivity index (χ3v) is 6.57. The van der Waals surface area contributed by atoms with Gasteiger partial charge in [-0.1, -0.05) is 42.0 Å². The normalized spacial score (nSPS) is 11.2. The molecule has 4 aromatic rings. The zero-order chi connectivity index (χ0) is 23.6. The van der Waals surface area contributed by atoms with Gasteiger partial charge in [0.05, 0.1) is 10.5 Å². The Bertz CT molecular complexity index is 1460. The largest absolute Gasteiger partial charge is 0.360 e. The number of H-pyrrole nitrogens is 1. The third-order valence-electron chi connectivity index (χ3n) is 5.19. The number of para-hydroxylation sites is 1. The predicted molar refractivity (Wildman–Crippen MR) is 126 cm³/mol. The molecule has 0 saturated heterocycles. The molecule has 4 rings (SSSR count). The van der Waals surface area contributed by atoms with E-state index < -0.39 is 21.8 Å². The van der Waals surface area contributed by atoms with Gasteiger partial charge in [-0.3, -0.25) is 25.2 Å². The molecule has 1 heterocycles. The Morgan fingerprint density at radius 2 is 1.48 bits per heavy atom. The van der Waals surface area contributed by atoms with Crippen molar-refractivity contribution in [3.63, 3.8) is 0 Å². The molecule has 0 spiro atoms. The van der Waals surface area contributed by atoms with Crippen molar-refractivity contribution in [2.75, 3.05) is 4.72 Å². The van der Waals surface area contributed by atoms with E-state index in [1.807, 2.05) is 25.1 Å². The number of rotatable bonds is 5. The molecular formula is C24H22N4O4S. The Morgan fingerprint density at radius 3 is 2.21 bits per heavy atom. The summed E-state index contributed by atoms with van der Waals surface area (Å²) in [6.07, 6.45) is 1.56. The topological polar surface area (TPSA) is 120 Å². The van der Waals surface area contributed by atoms with Crippen molar-refractivity contribution in [1.82, 2.24) is 15.8 Å². The Balaban J connectivity index is 1.50. The minimum Gasteiger partial charge on any atom is -0.360 e. The summed E-state index contributed by atoms with van der Waals surface area (Å²) in [4.78, 5) is 28.2. The SMILES string of the molecule is Cc1ccc(NS(=O)(=O)c2ccc(C)c(C(=O)NNC(=O)c3c[nH]c4ccccc34)c2)cc1. The van der Waals surface area contributed by atoms with Crippen LogP contribution in [0.3, 0.4) is 0 Å². The molecule has 0 unspecified atom stereocenters. The first kappa shape index (κ1) is 22.1. The van der Waals surface area contributed by atoms with Gasteiger partial charge in [-0.25, -0.2) is 8.42 Å².